The molecule has 1 heterocycles. The summed E-state index contributed by atoms with van der Waals surface area (Å²) in [6.45, 7) is 3.77. The van der Waals surface area contributed by atoms with E-state index in [9.17, 15) is 9.59 Å². The van der Waals surface area contributed by atoms with Crippen LogP contribution < -0.4 is 10.6 Å². The normalized spacial score (nSPS) is 10.5. The molecular weight excluding hydrogens is 336 g/mol. The van der Waals surface area contributed by atoms with E-state index in [2.05, 4.69) is 26.6 Å². The van der Waals surface area contributed by atoms with Crippen LogP contribution in [0, 0.1) is 0 Å². The van der Waals surface area contributed by atoms with Crippen molar-refractivity contribution in [1.29, 1.82) is 0 Å². The van der Waals surface area contributed by atoms with Gasteiger partial charge in [0.15, 0.2) is 10.4 Å². The second-order valence-electron chi connectivity index (χ2n) is 4.77. The zero-order chi connectivity index (χ0) is 15.4. The highest BCUT2D eigenvalue weighted by atomic mass is 79.9. The number of rotatable bonds is 4. The Morgan fingerprint density at radius 3 is 2.52 bits per heavy atom. The molecule has 2 amide bonds. The van der Waals surface area contributed by atoms with Crippen LogP contribution >= 0.6 is 15.9 Å². The fraction of sp³-hybridized carbons (Fsp3) is 0.200. The first-order valence-electron chi connectivity index (χ1n) is 6.43. The highest BCUT2D eigenvalue weighted by molar-refractivity contribution is 9.10. The van der Waals surface area contributed by atoms with E-state index < -0.39 is 0 Å². The summed E-state index contributed by atoms with van der Waals surface area (Å²) in [6, 6.07) is 9.99. The second kappa shape index (κ2) is 6.58. The van der Waals surface area contributed by atoms with Gasteiger partial charge in [0.25, 0.3) is 11.8 Å². The fourth-order valence-corrected chi connectivity index (χ4v) is 2.02. The number of benzene rings is 1. The lowest BCUT2D eigenvalue weighted by Gasteiger charge is -2.09. The molecule has 0 bridgehead atoms. The minimum absolute atomic E-state index is 0.0521. The summed E-state index contributed by atoms with van der Waals surface area (Å²) in [5.41, 5.74) is 1.02. The van der Waals surface area contributed by atoms with E-state index in [1.54, 1.807) is 36.4 Å². The van der Waals surface area contributed by atoms with Crippen LogP contribution in [0.3, 0.4) is 0 Å². The Hall–Kier alpha value is -2.08. The van der Waals surface area contributed by atoms with E-state index in [0.717, 1.165) is 0 Å². The maximum atomic E-state index is 12.0. The minimum Gasteiger partial charge on any atom is -0.444 e. The van der Waals surface area contributed by atoms with Crippen molar-refractivity contribution >= 4 is 33.4 Å². The number of halogens is 1. The van der Waals surface area contributed by atoms with Gasteiger partial charge in [-0.05, 0) is 60.1 Å². The molecule has 5 nitrogen and oxygen atoms in total. The van der Waals surface area contributed by atoms with Gasteiger partial charge in [-0.2, -0.15) is 0 Å². The molecule has 0 fully saturated rings. The minimum atomic E-state index is -0.373. The summed E-state index contributed by atoms with van der Waals surface area (Å²) < 4.78 is 5.66. The lowest BCUT2D eigenvalue weighted by atomic mass is 10.1. The van der Waals surface area contributed by atoms with E-state index in [1.165, 1.54) is 0 Å². The molecule has 2 N–H and O–H groups in total. The third-order valence-corrected chi connectivity index (χ3v) is 3.03. The average molecular weight is 351 g/mol. The SMILES string of the molecule is CC(C)NC(=O)c1cccc(NC(=O)c2ccc(Br)o2)c1. The molecule has 0 aliphatic heterocycles. The molecule has 6 heteroatoms. The standard InChI is InChI=1S/C15H15BrN2O3/c1-9(2)17-14(19)10-4-3-5-11(8-10)18-15(20)12-6-7-13(16)21-12/h3-9H,1-2H3,(H,17,19)(H,18,20). The van der Waals surface area contributed by atoms with Gasteiger partial charge >= 0.3 is 0 Å². The first-order valence-corrected chi connectivity index (χ1v) is 7.22. The van der Waals surface area contributed by atoms with Crippen molar-refractivity contribution < 1.29 is 14.0 Å². The van der Waals surface area contributed by atoms with Gasteiger partial charge in [0.1, 0.15) is 0 Å². The monoisotopic (exact) mass is 350 g/mol. The molecule has 0 saturated heterocycles. The fourth-order valence-electron chi connectivity index (χ4n) is 1.71. The lowest BCUT2D eigenvalue weighted by Crippen LogP contribution is -2.30. The predicted octanol–water partition coefficient (Wildman–Crippen LogP) is 3.43. The smallest absolute Gasteiger partial charge is 0.291 e. The molecule has 0 aliphatic carbocycles. The van der Waals surface area contributed by atoms with Gasteiger partial charge in [-0.25, -0.2) is 0 Å². The topological polar surface area (TPSA) is 71.3 Å². The molecule has 0 spiro atoms. The highest BCUT2D eigenvalue weighted by Gasteiger charge is 2.12. The number of nitrogens with one attached hydrogen (secondary N) is 2. The largest absolute Gasteiger partial charge is 0.444 e. The average Bonchev–Trinajstić information content (AvgIpc) is 2.85. The van der Waals surface area contributed by atoms with Crippen molar-refractivity contribution in [3.8, 4) is 0 Å². The van der Waals surface area contributed by atoms with Crippen LogP contribution in [0.2, 0.25) is 0 Å². The summed E-state index contributed by atoms with van der Waals surface area (Å²) in [5.74, 6) is -0.358. The molecular formula is C15H15BrN2O3. The Labute approximate surface area is 130 Å². The molecule has 0 atom stereocenters. The van der Waals surface area contributed by atoms with Crippen molar-refractivity contribution in [2.24, 2.45) is 0 Å². The summed E-state index contributed by atoms with van der Waals surface area (Å²) in [4.78, 5) is 23.9. The van der Waals surface area contributed by atoms with E-state index in [0.29, 0.717) is 15.9 Å². The van der Waals surface area contributed by atoms with Crippen LogP contribution in [0.5, 0.6) is 0 Å². The van der Waals surface area contributed by atoms with Crippen molar-refractivity contribution in [1.82, 2.24) is 5.32 Å². The number of furan rings is 1. The number of anilines is 1. The molecule has 0 saturated carbocycles. The molecule has 0 unspecified atom stereocenters. The van der Waals surface area contributed by atoms with Crippen molar-refractivity contribution in [2.45, 2.75) is 19.9 Å². The van der Waals surface area contributed by atoms with E-state index in [1.807, 2.05) is 13.8 Å². The van der Waals surface area contributed by atoms with Gasteiger partial charge in [0.05, 0.1) is 0 Å². The Morgan fingerprint density at radius 1 is 1.14 bits per heavy atom. The Bertz CT molecular complexity index is 664. The Balaban J connectivity index is 2.11. The first kappa shape index (κ1) is 15.3. The second-order valence-corrected chi connectivity index (χ2v) is 5.55. The first-order chi connectivity index (χ1) is 9.95. The van der Waals surface area contributed by atoms with Gasteiger partial charge in [0.2, 0.25) is 0 Å². The van der Waals surface area contributed by atoms with Gasteiger partial charge in [0, 0.05) is 17.3 Å². The molecule has 2 aromatic rings. The molecule has 2 rings (SSSR count). The van der Waals surface area contributed by atoms with Gasteiger partial charge < -0.3 is 15.1 Å². The maximum absolute atomic E-state index is 12.0. The van der Waals surface area contributed by atoms with Crippen LogP contribution in [0.15, 0.2) is 45.5 Å². The van der Waals surface area contributed by atoms with Gasteiger partial charge in [-0.1, -0.05) is 6.07 Å². The molecule has 1 aromatic carbocycles. The molecule has 0 radical (unpaired) electrons. The van der Waals surface area contributed by atoms with Crippen molar-refractivity contribution in [3.63, 3.8) is 0 Å². The van der Waals surface area contributed by atoms with Crippen molar-refractivity contribution in [3.05, 3.63) is 52.4 Å². The number of hydrogen-bond donors (Lipinski definition) is 2. The van der Waals surface area contributed by atoms with Gasteiger partial charge in [-0.15, -0.1) is 0 Å². The quantitative estimate of drug-likeness (QED) is 0.887. The summed E-state index contributed by atoms with van der Waals surface area (Å²) in [6.07, 6.45) is 0. The van der Waals surface area contributed by atoms with Gasteiger partial charge in [-0.3, -0.25) is 9.59 Å². The van der Waals surface area contributed by atoms with E-state index in [-0.39, 0.29) is 23.6 Å². The number of carbonyl (C=O) groups is 2. The van der Waals surface area contributed by atoms with Crippen LogP contribution in [-0.2, 0) is 0 Å². The number of carbonyl (C=O) groups excluding carboxylic acids is 2. The van der Waals surface area contributed by atoms with Crippen molar-refractivity contribution in [2.75, 3.05) is 5.32 Å². The third kappa shape index (κ3) is 4.19. The molecule has 1 aromatic heterocycles. The molecule has 110 valence electrons. The summed E-state index contributed by atoms with van der Waals surface area (Å²) in [7, 11) is 0. The van der Waals surface area contributed by atoms with Crippen LogP contribution in [0.25, 0.3) is 0 Å². The van der Waals surface area contributed by atoms with Crippen LogP contribution in [0.1, 0.15) is 34.8 Å². The zero-order valence-electron chi connectivity index (χ0n) is 11.6. The summed E-state index contributed by atoms with van der Waals surface area (Å²) >= 11 is 3.14. The molecule has 21 heavy (non-hydrogen) atoms. The van der Waals surface area contributed by atoms with Crippen LogP contribution in [-0.4, -0.2) is 17.9 Å². The zero-order valence-corrected chi connectivity index (χ0v) is 13.2. The Kier molecular flexibility index (Phi) is 4.80. The lowest BCUT2D eigenvalue weighted by molar-refractivity contribution is 0.0941. The predicted molar refractivity (Wildman–Crippen MR) is 83.4 cm³/mol. The Morgan fingerprint density at radius 2 is 1.90 bits per heavy atom. The maximum Gasteiger partial charge on any atom is 0.291 e. The highest BCUT2D eigenvalue weighted by Crippen LogP contribution is 2.17. The number of hydrogen-bond acceptors (Lipinski definition) is 3. The summed E-state index contributed by atoms with van der Waals surface area (Å²) in [5, 5.41) is 5.48. The van der Waals surface area contributed by atoms with Crippen LogP contribution in [0.4, 0.5) is 5.69 Å². The number of amides is 2. The van der Waals surface area contributed by atoms with E-state index in [4.69, 9.17) is 4.42 Å². The third-order valence-electron chi connectivity index (χ3n) is 2.60. The molecule has 0 aliphatic rings. The van der Waals surface area contributed by atoms with E-state index >= 15 is 0 Å².